The quantitative estimate of drug-likeness (QED) is 0.608. The van der Waals surface area contributed by atoms with Crippen molar-refractivity contribution in [3.05, 3.63) is 27.5 Å². The van der Waals surface area contributed by atoms with Gasteiger partial charge in [0.25, 0.3) is 0 Å². The fourth-order valence-electron chi connectivity index (χ4n) is 2.06. The molecule has 92 valence electrons. The summed E-state index contributed by atoms with van der Waals surface area (Å²) in [6, 6.07) is 1.46. The van der Waals surface area contributed by atoms with Crippen LogP contribution in [0.25, 0.3) is 0 Å². The number of pyridine rings is 1. The van der Waals surface area contributed by atoms with Crippen molar-refractivity contribution in [2.45, 2.75) is 38.7 Å². The van der Waals surface area contributed by atoms with Crippen LogP contribution >= 0.6 is 23.2 Å². The van der Waals surface area contributed by atoms with Crippen molar-refractivity contribution in [2.75, 3.05) is 0 Å². The lowest BCUT2D eigenvalue weighted by Crippen LogP contribution is -2.16. The molecule has 0 saturated heterocycles. The van der Waals surface area contributed by atoms with Crippen molar-refractivity contribution < 1.29 is 9.53 Å². The molecular weight excluding hydrogens is 261 g/mol. The van der Waals surface area contributed by atoms with Gasteiger partial charge in [0, 0.05) is 0 Å². The van der Waals surface area contributed by atoms with E-state index in [-0.39, 0.29) is 11.3 Å². The monoisotopic (exact) mass is 273 g/mol. The minimum atomic E-state index is -0.399. The number of esters is 1. The Balaban J connectivity index is 2.18. The molecule has 0 amide bonds. The third kappa shape index (κ3) is 2.90. The van der Waals surface area contributed by atoms with E-state index in [1.54, 1.807) is 6.92 Å². The highest BCUT2D eigenvalue weighted by Crippen LogP contribution is 2.26. The molecule has 5 heteroatoms. The first-order valence-corrected chi connectivity index (χ1v) is 6.37. The number of hydrogen-bond acceptors (Lipinski definition) is 3. The zero-order valence-electron chi connectivity index (χ0n) is 9.50. The summed E-state index contributed by atoms with van der Waals surface area (Å²) in [5.74, 6) is -0.399. The van der Waals surface area contributed by atoms with Crippen LogP contribution in [0.1, 0.15) is 41.7 Å². The Bertz CT molecular complexity index is 419. The van der Waals surface area contributed by atoms with Crippen molar-refractivity contribution in [2.24, 2.45) is 0 Å². The third-order valence-electron chi connectivity index (χ3n) is 2.90. The summed E-state index contributed by atoms with van der Waals surface area (Å²) in [7, 11) is 0. The van der Waals surface area contributed by atoms with Crippen LogP contribution in [-0.2, 0) is 4.74 Å². The molecule has 2 rings (SSSR count). The lowest BCUT2D eigenvalue weighted by molar-refractivity contribution is 0.0316. The second-order valence-electron chi connectivity index (χ2n) is 4.20. The van der Waals surface area contributed by atoms with Crippen molar-refractivity contribution >= 4 is 29.2 Å². The number of hydrogen-bond donors (Lipinski definition) is 0. The highest BCUT2D eigenvalue weighted by atomic mass is 35.5. The number of carbonyl (C=O) groups excluding carboxylic acids is 1. The zero-order valence-corrected chi connectivity index (χ0v) is 11.0. The number of aromatic nitrogens is 1. The van der Waals surface area contributed by atoms with Crippen molar-refractivity contribution in [1.82, 2.24) is 4.98 Å². The van der Waals surface area contributed by atoms with Gasteiger partial charge in [0.05, 0.1) is 16.3 Å². The van der Waals surface area contributed by atoms with Gasteiger partial charge in [-0.25, -0.2) is 9.78 Å². The number of aryl methyl sites for hydroxylation is 1. The number of carbonyl (C=O) groups is 1. The summed E-state index contributed by atoms with van der Waals surface area (Å²) in [4.78, 5) is 16.0. The SMILES string of the molecule is Cc1nc(Cl)cc(Cl)c1C(=O)OC1CCCC1. The lowest BCUT2D eigenvalue weighted by Gasteiger charge is -2.13. The molecule has 1 saturated carbocycles. The summed E-state index contributed by atoms with van der Waals surface area (Å²) in [5.41, 5.74) is 0.827. The van der Waals surface area contributed by atoms with Crippen LogP contribution < -0.4 is 0 Å². The molecule has 1 aliphatic carbocycles. The Morgan fingerprint density at radius 1 is 1.41 bits per heavy atom. The molecule has 3 nitrogen and oxygen atoms in total. The van der Waals surface area contributed by atoms with Gasteiger partial charge in [-0.15, -0.1) is 0 Å². The van der Waals surface area contributed by atoms with Gasteiger partial charge < -0.3 is 4.74 Å². The van der Waals surface area contributed by atoms with Gasteiger partial charge in [-0.2, -0.15) is 0 Å². The molecule has 0 aromatic carbocycles. The standard InChI is InChI=1S/C12H13Cl2NO2/c1-7-11(9(13)6-10(14)15-7)12(16)17-8-4-2-3-5-8/h6,8H,2-5H2,1H3. The summed E-state index contributed by atoms with van der Waals surface area (Å²) >= 11 is 11.7. The van der Waals surface area contributed by atoms with Crippen LogP contribution in [0.15, 0.2) is 6.07 Å². The van der Waals surface area contributed by atoms with Gasteiger partial charge in [0.15, 0.2) is 0 Å². The number of nitrogens with zero attached hydrogens (tertiary/aromatic N) is 1. The molecule has 17 heavy (non-hydrogen) atoms. The minimum absolute atomic E-state index is 0.0219. The highest BCUT2D eigenvalue weighted by Gasteiger charge is 2.23. The van der Waals surface area contributed by atoms with Gasteiger partial charge in [0.1, 0.15) is 11.3 Å². The second kappa shape index (κ2) is 5.23. The van der Waals surface area contributed by atoms with Crippen LogP contribution in [0.5, 0.6) is 0 Å². The summed E-state index contributed by atoms with van der Waals surface area (Å²) in [6.45, 7) is 1.70. The molecule has 1 heterocycles. The molecule has 0 unspecified atom stereocenters. The van der Waals surface area contributed by atoms with Gasteiger partial charge in [-0.3, -0.25) is 0 Å². The van der Waals surface area contributed by atoms with Crippen LogP contribution in [0.2, 0.25) is 10.2 Å². The van der Waals surface area contributed by atoms with Crippen LogP contribution in [-0.4, -0.2) is 17.1 Å². The fraction of sp³-hybridized carbons (Fsp3) is 0.500. The lowest BCUT2D eigenvalue weighted by atomic mass is 10.2. The molecular formula is C12H13Cl2NO2. The largest absolute Gasteiger partial charge is 0.459 e. The van der Waals surface area contributed by atoms with Gasteiger partial charge >= 0.3 is 5.97 Å². The van der Waals surface area contributed by atoms with E-state index >= 15 is 0 Å². The number of ether oxygens (including phenoxy) is 1. The predicted octanol–water partition coefficient (Wildman–Crippen LogP) is 3.80. The Morgan fingerprint density at radius 3 is 2.65 bits per heavy atom. The maximum atomic E-state index is 12.0. The summed E-state index contributed by atoms with van der Waals surface area (Å²) < 4.78 is 5.39. The van der Waals surface area contributed by atoms with Crippen LogP contribution in [0, 0.1) is 6.92 Å². The molecule has 0 radical (unpaired) electrons. The van der Waals surface area contributed by atoms with E-state index in [0.29, 0.717) is 16.3 Å². The van der Waals surface area contributed by atoms with E-state index in [4.69, 9.17) is 27.9 Å². The van der Waals surface area contributed by atoms with Crippen LogP contribution in [0.4, 0.5) is 0 Å². The van der Waals surface area contributed by atoms with Crippen molar-refractivity contribution in [1.29, 1.82) is 0 Å². The molecule has 1 fully saturated rings. The average Bonchev–Trinajstić information content (AvgIpc) is 2.68. The van der Waals surface area contributed by atoms with Gasteiger partial charge in [-0.1, -0.05) is 23.2 Å². The molecule has 1 aliphatic rings. The van der Waals surface area contributed by atoms with E-state index in [2.05, 4.69) is 4.98 Å². The minimum Gasteiger partial charge on any atom is -0.459 e. The maximum absolute atomic E-state index is 12.0. The Hall–Kier alpha value is -0.800. The van der Waals surface area contributed by atoms with E-state index in [0.717, 1.165) is 25.7 Å². The molecule has 1 aromatic heterocycles. The predicted molar refractivity (Wildman–Crippen MR) is 66.7 cm³/mol. The first kappa shape index (κ1) is 12.7. The Kier molecular flexibility index (Phi) is 3.89. The first-order valence-electron chi connectivity index (χ1n) is 5.61. The third-order valence-corrected chi connectivity index (χ3v) is 3.39. The molecule has 0 aliphatic heterocycles. The van der Waals surface area contributed by atoms with E-state index in [9.17, 15) is 4.79 Å². The van der Waals surface area contributed by atoms with Crippen molar-refractivity contribution in [3.8, 4) is 0 Å². The number of halogens is 2. The van der Waals surface area contributed by atoms with E-state index in [1.165, 1.54) is 6.07 Å². The molecule has 0 bridgehead atoms. The molecule has 0 atom stereocenters. The maximum Gasteiger partial charge on any atom is 0.341 e. The smallest absolute Gasteiger partial charge is 0.341 e. The van der Waals surface area contributed by atoms with E-state index < -0.39 is 5.97 Å². The summed E-state index contributed by atoms with van der Waals surface area (Å²) in [5, 5.41) is 0.579. The van der Waals surface area contributed by atoms with E-state index in [1.807, 2.05) is 0 Å². The topological polar surface area (TPSA) is 39.2 Å². The molecule has 0 spiro atoms. The van der Waals surface area contributed by atoms with Gasteiger partial charge in [-0.05, 0) is 38.7 Å². The van der Waals surface area contributed by atoms with Crippen LogP contribution in [0.3, 0.4) is 0 Å². The fourth-order valence-corrected chi connectivity index (χ4v) is 2.67. The molecule has 0 N–H and O–H groups in total. The zero-order chi connectivity index (χ0) is 12.4. The van der Waals surface area contributed by atoms with Crippen molar-refractivity contribution in [3.63, 3.8) is 0 Å². The average molecular weight is 274 g/mol. The Morgan fingerprint density at radius 2 is 2.06 bits per heavy atom. The Labute approximate surface area is 110 Å². The second-order valence-corrected chi connectivity index (χ2v) is 4.99. The normalized spacial score (nSPS) is 16.2. The highest BCUT2D eigenvalue weighted by molar-refractivity contribution is 6.36. The molecule has 1 aromatic rings. The number of rotatable bonds is 2. The van der Waals surface area contributed by atoms with Gasteiger partial charge in [0.2, 0.25) is 0 Å². The first-order chi connectivity index (χ1) is 8.08. The summed E-state index contributed by atoms with van der Waals surface area (Å²) in [6.07, 6.45) is 4.12.